The van der Waals surface area contributed by atoms with Gasteiger partial charge in [-0.1, -0.05) is 17.7 Å². The van der Waals surface area contributed by atoms with Gasteiger partial charge in [-0.05, 0) is 24.6 Å². The van der Waals surface area contributed by atoms with Gasteiger partial charge in [-0.25, -0.2) is 9.18 Å². The Morgan fingerprint density at radius 1 is 1.61 bits per heavy atom. The predicted molar refractivity (Wildman–Crippen MR) is 89.4 cm³/mol. The van der Waals surface area contributed by atoms with Crippen LogP contribution in [0.2, 0.25) is 5.02 Å². The average Bonchev–Trinajstić information content (AvgIpc) is 2.98. The highest BCUT2D eigenvalue weighted by Gasteiger charge is 2.26. The Morgan fingerprint density at radius 3 is 3.04 bits per heavy atom. The van der Waals surface area contributed by atoms with Gasteiger partial charge in [0.1, 0.15) is 5.82 Å². The lowest BCUT2D eigenvalue weighted by molar-refractivity contribution is 0.181. The first kappa shape index (κ1) is 17.6. The number of carbonyl (C=O) groups is 1. The lowest BCUT2D eigenvalue weighted by Crippen LogP contribution is -2.46. The fraction of sp³-hybridized carbons (Fsp3) is 0.438. The van der Waals surface area contributed by atoms with Crippen molar-refractivity contribution >= 4 is 23.3 Å². The third-order valence-corrected chi connectivity index (χ3v) is 4.10. The normalized spacial score (nSPS) is 17.2. The van der Waals surface area contributed by atoms with Gasteiger partial charge >= 0.3 is 6.03 Å². The molecule has 1 unspecified atom stereocenters. The van der Waals surface area contributed by atoms with Crippen molar-refractivity contribution in [1.29, 1.82) is 0 Å². The van der Waals surface area contributed by atoms with Crippen LogP contribution in [0.15, 0.2) is 30.9 Å². The smallest absolute Gasteiger partial charge is 0.318 e. The highest BCUT2D eigenvalue weighted by atomic mass is 35.5. The van der Waals surface area contributed by atoms with E-state index >= 15 is 0 Å². The van der Waals surface area contributed by atoms with E-state index in [4.69, 9.17) is 16.7 Å². The molecule has 1 aliphatic rings. The van der Waals surface area contributed by atoms with Gasteiger partial charge in [-0.2, -0.15) is 0 Å². The van der Waals surface area contributed by atoms with Gasteiger partial charge in [-0.15, -0.1) is 6.58 Å². The standard InChI is InChI=1S/C16H21ClFN3O2/c1-2-6-20(8-9-22)16(23)19-12-5-7-21(11-12)13-3-4-14(17)15(18)10-13/h2-4,10,12,22H,1,5-9,11H2,(H,19,23). The number of halogens is 2. The first-order chi connectivity index (χ1) is 11.0. The number of anilines is 1. The van der Waals surface area contributed by atoms with Gasteiger partial charge < -0.3 is 20.2 Å². The molecule has 0 aliphatic carbocycles. The van der Waals surface area contributed by atoms with Gasteiger partial charge in [0, 0.05) is 37.9 Å². The molecule has 1 aliphatic heterocycles. The van der Waals surface area contributed by atoms with E-state index < -0.39 is 5.82 Å². The van der Waals surface area contributed by atoms with Crippen molar-refractivity contribution in [3.63, 3.8) is 0 Å². The number of aliphatic hydroxyl groups is 1. The molecule has 2 amide bonds. The number of amides is 2. The molecule has 1 aromatic rings. The molecule has 1 saturated heterocycles. The number of urea groups is 1. The maximum absolute atomic E-state index is 13.5. The summed E-state index contributed by atoms with van der Waals surface area (Å²) in [5.41, 5.74) is 0.752. The fourth-order valence-electron chi connectivity index (χ4n) is 2.61. The highest BCUT2D eigenvalue weighted by molar-refractivity contribution is 6.30. The van der Waals surface area contributed by atoms with Crippen LogP contribution in [-0.4, -0.2) is 54.9 Å². The third kappa shape index (κ3) is 4.59. The SMILES string of the molecule is C=CCN(CCO)C(=O)NC1CCN(c2ccc(Cl)c(F)c2)C1. The zero-order chi connectivity index (χ0) is 16.8. The van der Waals surface area contributed by atoms with Crippen LogP contribution < -0.4 is 10.2 Å². The lowest BCUT2D eigenvalue weighted by atomic mass is 10.2. The second kappa shape index (κ2) is 8.17. The van der Waals surface area contributed by atoms with Crippen LogP contribution in [0.5, 0.6) is 0 Å². The highest BCUT2D eigenvalue weighted by Crippen LogP contribution is 2.25. The van der Waals surface area contributed by atoms with Crippen LogP contribution in [0, 0.1) is 5.82 Å². The Hall–Kier alpha value is -1.79. The molecule has 0 bridgehead atoms. The molecular formula is C16H21ClFN3O2. The molecule has 0 radical (unpaired) electrons. The Balaban J connectivity index is 1.92. The van der Waals surface area contributed by atoms with E-state index in [0.717, 1.165) is 18.7 Å². The van der Waals surface area contributed by atoms with Gasteiger partial charge in [0.2, 0.25) is 0 Å². The van der Waals surface area contributed by atoms with Gasteiger partial charge in [0.25, 0.3) is 0 Å². The second-order valence-corrected chi connectivity index (χ2v) is 5.85. The summed E-state index contributed by atoms with van der Waals surface area (Å²) in [7, 11) is 0. The molecule has 0 spiro atoms. The number of carbonyl (C=O) groups excluding carboxylic acids is 1. The summed E-state index contributed by atoms with van der Waals surface area (Å²) >= 11 is 5.69. The van der Waals surface area contributed by atoms with E-state index in [0.29, 0.717) is 13.1 Å². The van der Waals surface area contributed by atoms with Crippen molar-refractivity contribution in [2.24, 2.45) is 0 Å². The van der Waals surface area contributed by atoms with Crippen LogP contribution in [0.4, 0.5) is 14.9 Å². The Labute approximate surface area is 140 Å². The summed E-state index contributed by atoms with van der Waals surface area (Å²) < 4.78 is 13.5. The number of benzene rings is 1. The molecule has 126 valence electrons. The van der Waals surface area contributed by atoms with E-state index in [2.05, 4.69) is 11.9 Å². The Morgan fingerprint density at radius 2 is 2.39 bits per heavy atom. The Bertz CT molecular complexity index is 570. The van der Waals surface area contributed by atoms with Gasteiger partial charge in [0.05, 0.1) is 11.6 Å². The van der Waals surface area contributed by atoms with E-state index in [-0.39, 0.29) is 30.2 Å². The third-order valence-electron chi connectivity index (χ3n) is 3.79. The van der Waals surface area contributed by atoms with Crippen LogP contribution in [0.25, 0.3) is 0 Å². The number of hydrogen-bond donors (Lipinski definition) is 2. The van der Waals surface area contributed by atoms with E-state index in [1.807, 2.05) is 4.90 Å². The van der Waals surface area contributed by atoms with Crippen LogP contribution >= 0.6 is 11.6 Å². The summed E-state index contributed by atoms with van der Waals surface area (Å²) in [6.45, 7) is 5.49. The zero-order valence-corrected chi connectivity index (χ0v) is 13.6. The van der Waals surface area contributed by atoms with Crippen molar-refractivity contribution < 1.29 is 14.3 Å². The average molecular weight is 342 g/mol. The number of hydrogen-bond acceptors (Lipinski definition) is 3. The molecule has 2 N–H and O–H groups in total. The first-order valence-corrected chi connectivity index (χ1v) is 7.90. The minimum absolute atomic E-state index is 0.0211. The van der Waals surface area contributed by atoms with Crippen molar-refractivity contribution in [3.8, 4) is 0 Å². The molecule has 1 aromatic carbocycles. The molecular weight excluding hydrogens is 321 g/mol. The summed E-state index contributed by atoms with van der Waals surface area (Å²) in [5.74, 6) is -0.447. The second-order valence-electron chi connectivity index (χ2n) is 5.44. The number of aliphatic hydroxyl groups excluding tert-OH is 1. The topological polar surface area (TPSA) is 55.8 Å². The molecule has 23 heavy (non-hydrogen) atoms. The van der Waals surface area contributed by atoms with Crippen LogP contribution in [0.1, 0.15) is 6.42 Å². The number of nitrogens with zero attached hydrogens (tertiary/aromatic N) is 2. The van der Waals surface area contributed by atoms with E-state index in [1.54, 1.807) is 12.1 Å². The van der Waals surface area contributed by atoms with Crippen LogP contribution in [0.3, 0.4) is 0 Å². The summed E-state index contributed by atoms with van der Waals surface area (Å²) in [5, 5.41) is 12.0. The fourth-order valence-corrected chi connectivity index (χ4v) is 2.73. The Kier molecular flexibility index (Phi) is 6.24. The minimum atomic E-state index is -0.447. The lowest BCUT2D eigenvalue weighted by Gasteiger charge is -2.24. The number of rotatable bonds is 6. The molecule has 0 saturated carbocycles. The largest absolute Gasteiger partial charge is 0.395 e. The van der Waals surface area contributed by atoms with Crippen LogP contribution in [-0.2, 0) is 0 Å². The van der Waals surface area contributed by atoms with Crippen molar-refractivity contribution in [1.82, 2.24) is 10.2 Å². The molecule has 0 aromatic heterocycles. The quantitative estimate of drug-likeness (QED) is 0.780. The maximum atomic E-state index is 13.5. The molecule has 7 heteroatoms. The summed E-state index contributed by atoms with van der Waals surface area (Å²) in [6, 6.07) is 4.46. The maximum Gasteiger partial charge on any atom is 0.318 e. The van der Waals surface area contributed by atoms with E-state index in [1.165, 1.54) is 17.0 Å². The van der Waals surface area contributed by atoms with Gasteiger partial charge in [-0.3, -0.25) is 0 Å². The van der Waals surface area contributed by atoms with Crippen molar-refractivity contribution in [2.45, 2.75) is 12.5 Å². The molecule has 1 heterocycles. The predicted octanol–water partition coefficient (Wildman–Crippen LogP) is 2.25. The molecule has 1 atom stereocenters. The zero-order valence-electron chi connectivity index (χ0n) is 12.8. The number of nitrogens with one attached hydrogen (secondary N) is 1. The molecule has 2 rings (SSSR count). The van der Waals surface area contributed by atoms with E-state index in [9.17, 15) is 9.18 Å². The first-order valence-electron chi connectivity index (χ1n) is 7.52. The molecule has 5 nitrogen and oxygen atoms in total. The monoisotopic (exact) mass is 341 g/mol. The van der Waals surface area contributed by atoms with Crippen molar-refractivity contribution in [3.05, 3.63) is 41.7 Å². The summed E-state index contributed by atoms with van der Waals surface area (Å²) in [6.07, 6.45) is 2.39. The van der Waals surface area contributed by atoms with Crippen molar-refractivity contribution in [2.75, 3.05) is 37.7 Å². The summed E-state index contributed by atoms with van der Waals surface area (Å²) in [4.78, 5) is 15.7. The van der Waals surface area contributed by atoms with Gasteiger partial charge in [0.15, 0.2) is 0 Å². The molecule has 1 fully saturated rings. The minimum Gasteiger partial charge on any atom is -0.395 e.